The van der Waals surface area contributed by atoms with E-state index in [-0.39, 0.29) is 16.7 Å². The van der Waals surface area contributed by atoms with Gasteiger partial charge < -0.3 is 13.9 Å². The van der Waals surface area contributed by atoms with Crippen LogP contribution in [0.4, 0.5) is 5.69 Å². The molecule has 2 heterocycles. The van der Waals surface area contributed by atoms with E-state index in [0.717, 1.165) is 52.6 Å². The molecule has 39 heavy (non-hydrogen) atoms. The van der Waals surface area contributed by atoms with Crippen molar-refractivity contribution < 1.29 is 4.42 Å². The number of hydrogen-bond acceptors (Lipinski definition) is 5. The number of aryl methyl sites for hydroxylation is 1. The van der Waals surface area contributed by atoms with E-state index in [1.54, 1.807) is 12.1 Å². The summed E-state index contributed by atoms with van der Waals surface area (Å²) in [6, 6.07) is 25.8. The van der Waals surface area contributed by atoms with Crippen LogP contribution in [0.2, 0.25) is 0 Å². The minimum absolute atomic E-state index is 0.152. The topological polar surface area (TPSA) is 86.0 Å². The fraction of sp³-hybridized carbons (Fsp3) is 0.182. The Balaban J connectivity index is 1.61. The van der Waals surface area contributed by atoms with E-state index < -0.39 is 5.63 Å². The number of anilines is 1. The van der Waals surface area contributed by atoms with Gasteiger partial charge in [0.2, 0.25) is 0 Å². The first kappa shape index (κ1) is 25.6. The van der Waals surface area contributed by atoms with Gasteiger partial charge in [-0.2, -0.15) is 10.5 Å². The van der Waals surface area contributed by atoms with Crippen LogP contribution in [-0.4, -0.2) is 17.7 Å². The number of nitrogens with zero attached hydrogens (tertiary/aromatic N) is 4. The number of rotatable bonds is 7. The molecule has 6 nitrogen and oxygen atoms in total. The molecule has 192 valence electrons. The summed E-state index contributed by atoms with van der Waals surface area (Å²) >= 11 is 0. The second kappa shape index (κ2) is 10.7. The quantitative estimate of drug-likeness (QED) is 0.130. The van der Waals surface area contributed by atoms with Gasteiger partial charge in [0.25, 0.3) is 0 Å². The standard InChI is InChI=1S/C33H28N4O2/c1-4-36(5-2)25-14-13-23-18-29(33(38)39-32(23)19-25)26(24(20-34)21-35)15-11-22-12-16-31-28(17-22)27-9-7-8-10-30(27)37(31)6-3/h7-19H,4-6H2,1-3H3/b15-11+. The Morgan fingerprint density at radius 2 is 1.67 bits per heavy atom. The first-order valence-corrected chi connectivity index (χ1v) is 13.1. The summed E-state index contributed by atoms with van der Waals surface area (Å²) in [6.07, 6.45) is 3.49. The van der Waals surface area contributed by atoms with Gasteiger partial charge in [0.1, 0.15) is 23.3 Å². The minimum Gasteiger partial charge on any atom is -0.422 e. The lowest BCUT2D eigenvalue weighted by atomic mass is 9.99. The van der Waals surface area contributed by atoms with E-state index in [2.05, 4.69) is 54.5 Å². The summed E-state index contributed by atoms with van der Waals surface area (Å²) in [4.78, 5) is 15.3. The Morgan fingerprint density at radius 1 is 0.923 bits per heavy atom. The molecule has 0 saturated carbocycles. The lowest BCUT2D eigenvalue weighted by Crippen LogP contribution is -2.21. The molecular formula is C33H28N4O2. The van der Waals surface area contributed by atoms with E-state index >= 15 is 0 Å². The first-order chi connectivity index (χ1) is 19.0. The van der Waals surface area contributed by atoms with Crippen LogP contribution in [0.25, 0.3) is 44.4 Å². The van der Waals surface area contributed by atoms with Gasteiger partial charge in [0.15, 0.2) is 0 Å². The van der Waals surface area contributed by atoms with Crippen molar-refractivity contribution in [2.24, 2.45) is 0 Å². The summed E-state index contributed by atoms with van der Waals surface area (Å²) in [5, 5.41) is 22.4. The SMILES string of the molecule is CCN(CC)c1ccc2cc(C(/C=C/c3ccc4c(c3)c3ccccc3n4CC)=C(C#N)C#N)c(=O)oc2c1. The van der Waals surface area contributed by atoms with Crippen molar-refractivity contribution in [1.29, 1.82) is 10.5 Å². The molecule has 0 N–H and O–H groups in total. The highest BCUT2D eigenvalue weighted by molar-refractivity contribution is 6.08. The molecule has 5 aromatic rings. The normalized spacial score (nSPS) is 11.2. The summed E-state index contributed by atoms with van der Waals surface area (Å²) in [6.45, 7) is 8.79. The largest absolute Gasteiger partial charge is 0.422 e. The number of allylic oxidation sites excluding steroid dienone is 3. The molecule has 0 fully saturated rings. The molecule has 6 heteroatoms. The average Bonchev–Trinajstić information content (AvgIpc) is 3.28. The van der Waals surface area contributed by atoms with Crippen LogP contribution in [0, 0.1) is 22.7 Å². The van der Waals surface area contributed by atoms with Crippen LogP contribution >= 0.6 is 0 Å². The van der Waals surface area contributed by atoms with Crippen LogP contribution in [-0.2, 0) is 6.54 Å². The fourth-order valence-electron chi connectivity index (χ4n) is 5.22. The van der Waals surface area contributed by atoms with Crippen molar-refractivity contribution in [1.82, 2.24) is 4.57 Å². The molecule has 5 rings (SSSR count). The number of aromatic nitrogens is 1. The van der Waals surface area contributed by atoms with Crippen molar-refractivity contribution in [2.75, 3.05) is 18.0 Å². The van der Waals surface area contributed by atoms with Crippen molar-refractivity contribution in [3.8, 4) is 12.1 Å². The Labute approximate surface area is 226 Å². The van der Waals surface area contributed by atoms with Gasteiger partial charge in [-0.05, 0) is 62.7 Å². The van der Waals surface area contributed by atoms with Crippen LogP contribution in [0.3, 0.4) is 0 Å². The highest BCUT2D eigenvalue weighted by Gasteiger charge is 2.15. The van der Waals surface area contributed by atoms with Gasteiger partial charge in [-0.15, -0.1) is 0 Å². The van der Waals surface area contributed by atoms with Gasteiger partial charge in [-0.3, -0.25) is 0 Å². The predicted molar refractivity (Wildman–Crippen MR) is 158 cm³/mol. The van der Waals surface area contributed by atoms with Gasteiger partial charge in [0.05, 0.1) is 5.56 Å². The van der Waals surface area contributed by atoms with Crippen molar-refractivity contribution >= 4 is 50.1 Å². The van der Waals surface area contributed by atoms with Crippen LogP contribution < -0.4 is 10.5 Å². The van der Waals surface area contributed by atoms with Crippen molar-refractivity contribution in [3.63, 3.8) is 0 Å². The Kier molecular flexibility index (Phi) is 7.04. The maximum absolute atomic E-state index is 13.1. The molecule has 0 amide bonds. The Bertz CT molecular complexity index is 1910. The smallest absolute Gasteiger partial charge is 0.344 e. The van der Waals surface area contributed by atoms with E-state index in [9.17, 15) is 15.3 Å². The van der Waals surface area contributed by atoms with Crippen LogP contribution in [0.5, 0.6) is 0 Å². The molecule has 0 bridgehead atoms. The highest BCUT2D eigenvalue weighted by atomic mass is 16.4. The third-order valence-corrected chi connectivity index (χ3v) is 7.19. The van der Waals surface area contributed by atoms with E-state index in [1.165, 1.54) is 5.52 Å². The van der Waals surface area contributed by atoms with E-state index in [1.807, 2.05) is 54.6 Å². The predicted octanol–water partition coefficient (Wildman–Crippen LogP) is 7.28. The maximum Gasteiger partial charge on any atom is 0.344 e. The zero-order valence-corrected chi connectivity index (χ0v) is 22.2. The lowest BCUT2D eigenvalue weighted by molar-refractivity contribution is 0.558. The second-order valence-corrected chi connectivity index (χ2v) is 9.23. The molecular weight excluding hydrogens is 484 g/mol. The number of nitriles is 2. The average molecular weight is 513 g/mol. The van der Waals surface area contributed by atoms with Gasteiger partial charge >= 0.3 is 5.63 Å². The fourth-order valence-corrected chi connectivity index (χ4v) is 5.22. The number of benzene rings is 3. The highest BCUT2D eigenvalue weighted by Crippen LogP contribution is 2.31. The first-order valence-electron chi connectivity index (χ1n) is 13.1. The summed E-state index contributed by atoms with van der Waals surface area (Å²) in [5.74, 6) is 0. The minimum atomic E-state index is -0.594. The van der Waals surface area contributed by atoms with E-state index in [4.69, 9.17) is 4.42 Å². The molecule has 0 saturated heterocycles. The molecule has 0 spiro atoms. The summed E-state index contributed by atoms with van der Waals surface area (Å²) in [5.41, 5.74) is 4.30. The van der Waals surface area contributed by atoms with Gasteiger partial charge in [-0.1, -0.05) is 36.4 Å². The maximum atomic E-state index is 13.1. The monoisotopic (exact) mass is 512 g/mol. The van der Waals surface area contributed by atoms with Crippen molar-refractivity contribution in [2.45, 2.75) is 27.3 Å². The molecule has 0 aliphatic heterocycles. The molecule has 3 aromatic carbocycles. The molecule has 0 atom stereocenters. The number of hydrogen-bond donors (Lipinski definition) is 0. The third-order valence-electron chi connectivity index (χ3n) is 7.19. The molecule has 0 unspecified atom stereocenters. The molecule has 0 aliphatic rings. The third kappa shape index (κ3) is 4.58. The van der Waals surface area contributed by atoms with Crippen LogP contribution in [0.1, 0.15) is 31.9 Å². The van der Waals surface area contributed by atoms with Gasteiger partial charge in [0, 0.05) is 64.2 Å². The van der Waals surface area contributed by atoms with Crippen molar-refractivity contribution in [3.05, 3.63) is 99.9 Å². The molecule has 2 aromatic heterocycles. The number of fused-ring (bicyclic) bond motifs is 4. The zero-order chi connectivity index (χ0) is 27.5. The summed E-state index contributed by atoms with van der Waals surface area (Å²) < 4.78 is 7.97. The number of para-hydroxylation sites is 1. The Hall–Kier alpha value is -5.07. The lowest BCUT2D eigenvalue weighted by Gasteiger charge is -2.21. The van der Waals surface area contributed by atoms with Gasteiger partial charge in [-0.25, -0.2) is 4.79 Å². The zero-order valence-electron chi connectivity index (χ0n) is 22.2. The van der Waals surface area contributed by atoms with Crippen LogP contribution in [0.15, 0.2) is 87.6 Å². The second-order valence-electron chi connectivity index (χ2n) is 9.23. The Morgan fingerprint density at radius 3 is 2.38 bits per heavy atom. The summed E-state index contributed by atoms with van der Waals surface area (Å²) in [7, 11) is 0. The molecule has 0 aliphatic carbocycles. The van der Waals surface area contributed by atoms with E-state index in [0.29, 0.717) is 5.58 Å². The molecule has 0 radical (unpaired) electrons.